The highest BCUT2D eigenvalue weighted by Gasteiger charge is 1.61. The molecule has 0 aliphatic heterocycles. The smallest absolute Gasteiger partial charge is 0.0109 e. The zero-order chi connectivity index (χ0) is 7.66. The minimum absolute atomic E-state index is 0.593. The molecule has 0 saturated heterocycles. The maximum atomic E-state index is 5.21. The molecule has 0 aromatic carbocycles. The predicted octanol–water partition coefficient (Wildman–Crippen LogP) is 1.80. The van der Waals surface area contributed by atoms with Gasteiger partial charge in [0.25, 0.3) is 0 Å². The fourth-order valence-corrected chi connectivity index (χ4v) is 0.428. The highest BCUT2D eigenvalue weighted by molar-refractivity contribution is 5.14. The molecule has 0 aliphatic rings. The Morgan fingerprint density at radius 1 is 1.00 bits per heavy atom. The van der Waals surface area contributed by atoms with Gasteiger partial charge in [-0.25, -0.2) is 0 Å². The first-order valence-corrected chi connectivity index (χ1v) is 3.22. The fraction of sp³-hybridized carbons (Fsp3) is 0.111. The molecule has 1 nitrogen and oxygen atoms in total. The predicted molar refractivity (Wildman–Crippen MR) is 46.7 cm³/mol. The number of hydrogen-bond acceptors (Lipinski definition) is 1. The van der Waals surface area contributed by atoms with Crippen LogP contribution in [0.4, 0.5) is 0 Å². The molecule has 0 saturated carbocycles. The minimum atomic E-state index is 0.593. The maximum absolute atomic E-state index is 5.21. The molecule has 0 aromatic rings. The second-order valence-corrected chi connectivity index (χ2v) is 1.67. The van der Waals surface area contributed by atoms with E-state index in [2.05, 4.69) is 6.58 Å². The quantitative estimate of drug-likeness (QED) is 0.584. The lowest BCUT2D eigenvalue weighted by molar-refractivity contribution is 1.25. The lowest BCUT2D eigenvalue weighted by Gasteiger charge is -1.73. The van der Waals surface area contributed by atoms with Gasteiger partial charge in [-0.05, 0) is 0 Å². The van der Waals surface area contributed by atoms with Crippen LogP contribution >= 0.6 is 0 Å². The van der Waals surface area contributed by atoms with Crippen LogP contribution in [0.15, 0.2) is 49.1 Å². The molecule has 0 fully saturated rings. The summed E-state index contributed by atoms with van der Waals surface area (Å²) in [5.41, 5.74) is 5.21. The summed E-state index contributed by atoms with van der Waals surface area (Å²) in [6.45, 7) is 4.13. The lowest BCUT2D eigenvalue weighted by atomic mass is 10.4. The van der Waals surface area contributed by atoms with Gasteiger partial charge in [-0.2, -0.15) is 0 Å². The normalized spacial score (nSPS) is 12.1. The molecule has 0 atom stereocenters. The Bertz CT molecular complexity index is 152. The molecule has 2 N–H and O–H groups in total. The standard InChI is InChI=1S/C9H13N/c1-2-3-4-5-6-7-8-9-10/h2-8H,1,9-10H2/b4-3+,6-5+,8-7-. The molecule has 0 amide bonds. The molecule has 0 heterocycles. The monoisotopic (exact) mass is 135 g/mol. The van der Waals surface area contributed by atoms with Crippen molar-refractivity contribution < 1.29 is 0 Å². The summed E-state index contributed by atoms with van der Waals surface area (Å²) in [5, 5.41) is 0. The van der Waals surface area contributed by atoms with Gasteiger partial charge in [-0.1, -0.05) is 49.1 Å². The Morgan fingerprint density at radius 3 is 2.20 bits per heavy atom. The summed E-state index contributed by atoms with van der Waals surface area (Å²) in [7, 11) is 0. The second kappa shape index (κ2) is 7.92. The van der Waals surface area contributed by atoms with E-state index in [1.165, 1.54) is 0 Å². The SMILES string of the molecule is C=C/C=C/C=C/C=C\CN. The van der Waals surface area contributed by atoms with Crippen LogP contribution in [0.3, 0.4) is 0 Å². The molecule has 0 aromatic heterocycles. The first-order chi connectivity index (χ1) is 4.91. The van der Waals surface area contributed by atoms with Gasteiger partial charge in [0, 0.05) is 6.54 Å². The second-order valence-electron chi connectivity index (χ2n) is 1.67. The minimum Gasteiger partial charge on any atom is -0.327 e. The van der Waals surface area contributed by atoms with E-state index in [1.807, 2.05) is 36.5 Å². The van der Waals surface area contributed by atoms with Gasteiger partial charge in [0.2, 0.25) is 0 Å². The van der Waals surface area contributed by atoms with Crippen LogP contribution in [-0.2, 0) is 0 Å². The Kier molecular flexibility index (Phi) is 7.06. The molecule has 1 heteroatoms. The van der Waals surface area contributed by atoms with Crippen molar-refractivity contribution in [3.8, 4) is 0 Å². The van der Waals surface area contributed by atoms with Crippen molar-refractivity contribution in [3.63, 3.8) is 0 Å². The van der Waals surface area contributed by atoms with Crippen molar-refractivity contribution in [2.24, 2.45) is 5.73 Å². The van der Waals surface area contributed by atoms with Crippen LogP contribution in [0, 0.1) is 0 Å². The highest BCUT2D eigenvalue weighted by Crippen LogP contribution is 1.79. The number of hydrogen-bond donors (Lipinski definition) is 1. The molecular formula is C9H13N. The first-order valence-electron chi connectivity index (χ1n) is 3.22. The number of rotatable bonds is 4. The van der Waals surface area contributed by atoms with Gasteiger partial charge in [0.1, 0.15) is 0 Å². The third-order valence-corrected chi connectivity index (χ3v) is 0.853. The Morgan fingerprint density at radius 2 is 1.60 bits per heavy atom. The maximum Gasteiger partial charge on any atom is 0.0109 e. The molecule has 0 rings (SSSR count). The average molecular weight is 135 g/mol. The van der Waals surface area contributed by atoms with E-state index < -0.39 is 0 Å². The van der Waals surface area contributed by atoms with Crippen molar-refractivity contribution in [2.45, 2.75) is 0 Å². The van der Waals surface area contributed by atoms with Crippen LogP contribution in [0.2, 0.25) is 0 Å². The Balaban J connectivity index is 3.46. The van der Waals surface area contributed by atoms with E-state index >= 15 is 0 Å². The summed E-state index contributed by atoms with van der Waals surface area (Å²) < 4.78 is 0. The van der Waals surface area contributed by atoms with Gasteiger partial charge >= 0.3 is 0 Å². The van der Waals surface area contributed by atoms with Gasteiger partial charge in [-0.15, -0.1) is 0 Å². The third kappa shape index (κ3) is 6.92. The van der Waals surface area contributed by atoms with Crippen molar-refractivity contribution in [3.05, 3.63) is 49.1 Å². The Hall–Kier alpha value is -1.08. The van der Waals surface area contributed by atoms with E-state index in [0.717, 1.165) is 0 Å². The molecular weight excluding hydrogens is 122 g/mol. The fourth-order valence-electron chi connectivity index (χ4n) is 0.428. The van der Waals surface area contributed by atoms with E-state index in [1.54, 1.807) is 6.08 Å². The number of nitrogens with two attached hydrogens (primary N) is 1. The molecule has 0 aliphatic carbocycles. The van der Waals surface area contributed by atoms with Crippen molar-refractivity contribution in [1.29, 1.82) is 0 Å². The van der Waals surface area contributed by atoms with Crippen molar-refractivity contribution >= 4 is 0 Å². The van der Waals surface area contributed by atoms with Crippen molar-refractivity contribution in [1.82, 2.24) is 0 Å². The van der Waals surface area contributed by atoms with Crippen LogP contribution in [0.25, 0.3) is 0 Å². The molecule has 10 heavy (non-hydrogen) atoms. The lowest BCUT2D eigenvalue weighted by Crippen LogP contribution is -1.91. The summed E-state index contributed by atoms with van der Waals surface area (Å²) in [6.07, 6.45) is 13.2. The molecule has 0 spiro atoms. The Labute approximate surface area is 62.2 Å². The topological polar surface area (TPSA) is 26.0 Å². The molecule has 0 radical (unpaired) electrons. The zero-order valence-electron chi connectivity index (χ0n) is 6.03. The van der Waals surface area contributed by atoms with Crippen LogP contribution < -0.4 is 5.73 Å². The van der Waals surface area contributed by atoms with E-state index in [4.69, 9.17) is 5.73 Å². The van der Waals surface area contributed by atoms with E-state index in [0.29, 0.717) is 6.54 Å². The summed E-state index contributed by atoms with van der Waals surface area (Å²) in [6, 6.07) is 0. The number of allylic oxidation sites excluding steroid dienone is 6. The van der Waals surface area contributed by atoms with Gasteiger partial charge in [-0.3, -0.25) is 0 Å². The van der Waals surface area contributed by atoms with E-state index in [-0.39, 0.29) is 0 Å². The molecule has 54 valence electrons. The summed E-state index contributed by atoms with van der Waals surface area (Å²) in [5.74, 6) is 0. The van der Waals surface area contributed by atoms with Crippen LogP contribution in [0.1, 0.15) is 0 Å². The largest absolute Gasteiger partial charge is 0.327 e. The van der Waals surface area contributed by atoms with E-state index in [9.17, 15) is 0 Å². The van der Waals surface area contributed by atoms with Crippen LogP contribution in [-0.4, -0.2) is 6.54 Å². The summed E-state index contributed by atoms with van der Waals surface area (Å²) >= 11 is 0. The van der Waals surface area contributed by atoms with Crippen LogP contribution in [0.5, 0.6) is 0 Å². The van der Waals surface area contributed by atoms with Gasteiger partial charge in [0.15, 0.2) is 0 Å². The van der Waals surface area contributed by atoms with Gasteiger partial charge in [0.05, 0.1) is 0 Å². The molecule has 0 bridgehead atoms. The first kappa shape index (κ1) is 8.92. The highest BCUT2D eigenvalue weighted by atomic mass is 14.5. The average Bonchev–Trinajstić information content (AvgIpc) is 1.97. The third-order valence-electron chi connectivity index (χ3n) is 0.853. The van der Waals surface area contributed by atoms with Crippen molar-refractivity contribution in [2.75, 3.05) is 6.54 Å². The molecule has 0 unspecified atom stereocenters. The summed E-state index contributed by atoms with van der Waals surface area (Å²) in [4.78, 5) is 0. The van der Waals surface area contributed by atoms with Gasteiger partial charge < -0.3 is 5.73 Å². The zero-order valence-corrected chi connectivity index (χ0v) is 6.03.